The van der Waals surface area contributed by atoms with Crippen LogP contribution in [-0.4, -0.2) is 31.0 Å². The predicted octanol–water partition coefficient (Wildman–Crippen LogP) is 3.25. The lowest BCUT2D eigenvalue weighted by atomic mass is 9.95. The van der Waals surface area contributed by atoms with E-state index in [2.05, 4.69) is 17.3 Å². The molecule has 0 spiro atoms. The minimum Gasteiger partial charge on any atom is -0.360 e. The lowest BCUT2D eigenvalue weighted by Gasteiger charge is -2.24. The van der Waals surface area contributed by atoms with E-state index < -0.39 is 10.0 Å². The highest BCUT2D eigenvalue weighted by Crippen LogP contribution is 2.31. The summed E-state index contributed by atoms with van der Waals surface area (Å²) in [5.74, 6) is 0.594. The van der Waals surface area contributed by atoms with E-state index in [-0.39, 0.29) is 10.8 Å². The first-order valence-corrected chi connectivity index (χ1v) is 9.42. The molecule has 1 fully saturated rings. The molecule has 0 N–H and O–H groups in total. The van der Waals surface area contributed by atoms with Crippen LogP contribution in [0.3, 0.4) is 0 Å². The molecule has 124 valence electrons. The molecule has 1 aliphatic heterocycles. The number of benzene rings is 1. The number of hydrogen-bond acceptors (Lipinski definition) is 4. The molecule has 1 atom stereocenters. The molecule has 6 heteroatoms. The quantitative estimate of drug-likeness (QED) is 0.864. The molecular formula is C17H22N2O3S. The van der Waals surface area contributed by atoms with Crippen LogP contribution >= 0.6 is 0 Å². The molecule has 2 heterocycles. The van der Waals surface area contributed by atoms with Crippen LogP contribution in [0.4, 0.5) is 0 Å². The number of nitrogens with zero attached hydrogens (tertiary/aromatic N) is 2. The van der Waals surface area contributed by atoms with Crippen LogP contribution in [-0.2, 0) is 10.0 Å². The van der Waals surface area contributed by atoms with Gasteiger partial charge < -0.3 is 4.52 Å². The first-order valence-electron chi connectivity index (χ1n) is 7.98. The Kier molecular flexibility index (Phi) is 4.55. The lowest BCUT2D eigenvalue weighted by molar-refractivity contribution is 0.386. The van der Waals surface area contributed by atoms with E-state index >= 15 is 0 Å². The SMILES string of the molecule is Cc1noc(C)c1S(=O)(=O)N1CCCCC(c2ccccc2)C1. The topological polar surface area (TPSA) is 63.4 Å². The number of aromatic nitrogens is 1. The molecule has 23 heavy (non-hydrogen) atoms. The van der Waals surface area contributed by atoms with Crippen LogP contribution in [0.15, 0.2) is 39.8 Å². The minimum absolute atomic E-state index is 0.228. The van der Waals surface area contributed by atoms with E-state index in [0.29, 0.717) is 24.5 Å². The summed E-state index contributed by atoms with van der Waals surface area (Å²) in [6.07, 6.45) is 2.93. The maximum atomic E-state index is 13.0. The van der Waals surface area contributed by atoms with Crippen molar-refractivity contribution in [3.63, 3.8) is 0 Å². The molecule has 0 saturated carbocycles. The normalized spacial score (nSPS) is 20.3. The van der Waals surface area contributed by atoms with Gasteiger partial charge in [-0.05, 0) is 38.2 Å². The van der Waals surface area contributed by atoms with E-state index in [1.54, 1.807) is 18.2 Å². The lowest BCUT2D eigenvalue weighted by Crippen LogP contribution is -2.34. The highest BCUT2D eigenvalue weighted by Gasteiger charge is 2.33. The molecule has 0 amide bonds. The van der Waals surface area contributed by atoms with Crippen molar-refractivity contribution < 1.29 is 12.9 Å². The molecule has 0 radical (unpaired) electrons. The Labute approximate surface area is 137 Å². The van der Waals surface area contributed by atoms with E-state index in [9.17, 15) is 8.42 Å². The first-order chi connectivity index (χ1) is 11.0. The fraction of sp³-hybridized carbons (Fsp3) is 0.471. The number of rotatable bonds is 3. The van der Waals surface area contributed by atoms with Gasteiger partial charge >= 0.3 is 0 Å². The van der Waals surface area contributed by atoms with Gasteiger partial charge in [0.1, 0.15) is 10.6 Å². The maximum absolute atomic E-state index is 13.0. The highest BCUT2D eigenvalue weighted by atomic mass is 32.2. The number of sulfonamides is 1. The molecule has 2 aromatic rings. The van der Waals surface area contributed by atoms with Crippen molar-refractivity contribution >= 4 is 10.0 Å². The third kappa shape index (κ3) is 3.19. The summed E-state index contributed by atoms with van der Waals surface area (Å²) < 4.78 is 32.8. The smallest absolute Gasteiger partial charge is 0.248 e. The molecule has 5 nitrogen and oxygen atoms in total. The van der Waals surface area contributed by atoms with Crippen molar-refractivity contribution in [2.24, 2.45) is 0 Å². The van der Waals surface area contributed by atoms with Crippen LogP contribution in [0.5, 0.6) is 0 Å². The van der Waals surface area contributed by atoms with E-state index in [4.69, 9.17) is 4.52 Å². The van der Waals surface area contributed by atoms with Gasteiger partial charge in [0.25, 0.3) is 0 Å². The van der Waals surface area contributed by atoms with E-state index in [1.807, 2.05) is 18.2 Å². The average molecular weight is 334 g/mol. The van der Waals surface area contributed by atoms with Crippen LogP contribution in [0.25, 0.3) is 0 Å². The Bertz CT molecular complexity index is 749. The summed E-state index contributed by atoms with van der Waals surface area (Å²) in [5.41, 5.74) is 1.64. The van der Waals surface area contributed by atoms with Crippen molar-refractivity contribution in [2.45, 2.75) is 43.9 Å². The second kappa shape index (κ2) is 6.45. The van der Waals surface area contributed by atoms with Gasteiger partial charge in [-0.25, -0.2) is 8.42 Å². The zero-order valence-electron chi connectivity index (χ0n) is 13.5. The Hall–Kier alpha value is -1.66. The fourth-order valence-corrected chi connectivity index (χ4v) is 5.11. The maximum Gasteiger partial charge on any atom is 0.248 e. The molecule has 0 bridgehead atoms. The van der Waals surface area contributed by atoms with Gasteiger partial charge in [0.2, 0.25) is 10.0 Å². The van der Waals surface area contributed by atoms with Gasteiger partial charge in [-0.1, -0.05) is 41.9 Å². The molecular weight excluding hydrogens is 312 g/mol. The third-order valence-electron chi connectivity index (χ3n) is 4.47. The molecule has 3 rings (SSSR count). The Morgan fingerprint density at radius 2 is 1.91 bits per heavy atom. The van der Waals surface area contributed by atoms with Gasteiger partial charge in [-0.15, -0.1) is 0 Å². The van der Waals surface area contributed by atoms with Crippen molar-refractivity contribution in [3.8, 4) is 0 Å². The second-order valence-electron chi connectivity index (χ2n) is 6.12. The molecule has 1 unspecified atom stereocenters. The van der Waals surface area contributed by atoms with Gasteiger partial charge in [-0.3, -0.25) is 0 Å². The summed E-state index contributed by atoms with van der Waals surface area (Å²) in [4.78, 5) is 0.228. The predicted molar refractivity (Wildman–Crippen MR) is 87.8 cm³/mol. The van der Waals surface area contributed by atoms with Crippen molar-refractivity contribution in [2.75, 3.05) is 13.1 Å². The van der Waals surface area contributed by atoms with E-state index in [0.717, 1.165) is 19.3 Å². The van der Waals surface area contributed by atoms with Crippen LogP contribution < -0.4 is 0 Å². The van der Waals surface area contributed by atoms with Crippen LogP contribution in [0, 0.1) is 13.8 Å². The number of aryl methyl sites for hydroxylation is 2. The zero-order chi connectivity index (χ0) is 16.4. The highest BCUT2D eigenvalue weighted by molar-refractivity contribution is 7.89. The fourth-order valence-electron chi connectivity index (χ4n) is 3.29. The summed E-state index contributed by atoms with van der Waals surface area (Å²) in [5, 5.41) is 3.80. The van der Waals surface area contributed by atoms with Gasteiger partial charge in [-0.2, -0.15) is 4.31 Å². The summed E-state index contributed by atoms with van der Waals surface area (Å²) in [7, 11) is -3.57. The van der Waals surface area contributed by atoms with Gasteiger partial charge in [0.05, 0.1) is 0 Å². The third-order valence-corrected chi connectivity index (χ3v) is 6.58. The van der Waals surface area contributed by atoms with Crippen molar-refractivity contribution in [1.82, 2.24) is 9.46 Å². The Morgan fingerprint density at radius 3 is 2.57 bits per heavy atom. The average Bonchev–Trinajstić information content (AvgIpc) is 2.76. The van der Waals surface area contributed by atoms with E-state index in [1.165, 1.54) is 5.56 Å². The molecule has 1 aromatic carbocycles. The molecule has 1 aliphatic rings. The molecule has 0 aliphatic carbocycles. The second-order valence-corrected chi connectivity index (χ2v) is 7.99. The van der Waals surface area contributed by atoms with Gasteiger partial charge in [0, 0.05) is 13.1 Å². The molecule has 1 aromatic heterocycles. The first kappa shape index (κ1) is 16.2. The van der Waals surface area contributed by atoms with Crippen LogP contribution in [0.2, 0.25) is 0 Å². The number of hydrogen-bond donors (Lipinski definition) is 0. The Morgan fingerprint density at radius 1 is 1.17 bits per heavy atom. The largest absolute Gasteiger partial charge is 0.360 e. The molecule has 1 saturated heterocycles. The summed E-state index contributed by atoms with van der Waals surface area (Å²) in [6, 6.07) is 10.2. The summed E-state index contributed by atoms with van der Waals surface area (Å²) in [6.45, 7) is 4.39. The summed E-state index contributed by atoms with van der Waals surface area (Å²) >= 11 is 0. The minimum atomic E-state index is -3.57. The van der Waals surface area contributed by atoms with Crippen LogP contribution in [0.1, 0.15) is 42.2 Å². The standard InChI is InChI=1S/C17H22N2O3S/c1-13-17(14(2)22-18-13)23(20,21)19-11-7-6-10-16(12-19)15-8-4-3-5-9-15/h3-5,8-9,16H,6-7,10-12H2,1-2H3. The van der Waals surface area contributed by atoms with Gasteiger partial charge in [0.15, 0.2) is 5.76 Å². The monoisotopic (exact) mass is 334 g/mol. The van der Waals surface area contributed by atoms with Crippen molar-refractivity contribution in [3.05, 3.63) is 47.3 Å². The zero-order valence-corrected chi connectivity index (χ0v) is 14.3. The Balaban J connectivity index is 1.92. The van der Waals surface area contributed by atoms with Crippen molar-refractivity contribution in [1.29, 1.82) is 0 Å².